The van der Waals surface area contributed by atoms with E-state index < -0.39 is 18.5 Å². The molecule has 140 valence electrons. The summed E-state index contributed by atoms with van der Waals surface area (Å²) in [5.41, 5.74) is 2.17. The summed E-state index contributed by atoms with van der Waals surface area (Å²) in [5.74, 6) is -0.369. The van der Waals surface area contributed by atoms with Gasteiger partial charge < -0.3 is 14.8 Å². The third-order valence-corrected chi connectivity index (χ3v) is 4.09. The molecule has 0 bridgehead atoms. The zero-order chi connectivity index (χ0) is 19.6. The standard InChI is InChI=1S/C21H22N2O4/c1-3-15(2)16-8-10-18(11-9-16)23-20(24)13-27-21(25)14-26-19-7-5-4-6-17(19)12-22/h4-11,15H,3,13-14H2,1-2H3,(H,23,24)/t15-/m1/s1. The maximum atomic E-state index is 11.9. The lowest BCUT2D eigenvalue weighted by atomic mass is 9.99. The molecule has 0 radical (unpaired) electrons. The van der Waals surface area contributed by atoms with Crippen molar-refractivity contribution in [3.63, 3.8) is 0 Å². The lowest BCUT2D eigenvalue weighted by Gasteiger charge is -2.11. The number of hydrogen-bond donors (Lipinski definition) is 1. The fraction of sp³-hybridized carbons (Fsp3) is 0.286. The molecule has 2 rings (SSSR count). The van der Waals surface area contributed by atoms with Crippen LogP contribution in [0.15, 0.2) is 48.5 Å². The Hall–Kier alpha value is -3.33. The zero-order valence-electron chi connectivity index (χ0n) is 15.4. The lowest BCUT2D eigenvalue weighted by Crippen LogP contribution is -2.23. The van der Waals surface area contributed by atoms with E-state index in [4.69, 9.17) is 14.7 Å². The average Bonchev–Trinajstić information content (AvgIpc) is 2.70. The van der Waals surface area contributed by atoms with E-state index in [1.165, 1.54) is 5.56 Å². The highest BCUT2D eigenvalue weighted by Crippen LogP contribution is 2.20. The fourth-order valence-electron chi connectivity index (χ4n) is 2.34. The Morgan fingerprint density at radius 2 is 1.81 bits per heavy atom. The molecular formula is C21H22N2O4. The van der Waals surface area contributed by atoms with Gasteiger partial charge >= 0.3 is 5.97 Å². The quantitative estimate of drug-likeness (QED) is 0.721. The maximum absolute atomic E-state index is 11.9. The minimum Gasteiger partial charge on any atom is -0.481 e. The molecule has 0 aliphatic heterocycles. The molecule has 0 aromatic heterocycles. The predicted molar refractivity (Wildman–Crippen MR) is 101 cm³/mol. The van der Waals surface area contributed by atoms with Gasteiger partial charge in [0.1, 0.15) is 11.8 Å². The summed E-state index contributed by atoms with van der Waals surface area (Å²) in [5, 5.41) is 11.6. The van der Waals surface area contributed by atoms with E-state index in [1.807, 2.05) is 30.3 Å². The van der Waals surface area contributed by atoms with Crippen molar-refractivity contribution in [2.45, 2.75) is 26.2 Å². The van der Waals surface area contributed by atoms with E-state index in [0.29, 0.717) is 22.9 Å². The number of esters is 1. The number of rotatable bonds is 8. The van der Waals surface area contributed by atoms with Crippen molar-refractivity contribution in [1.29, 1.82) is 5.26 Å². The van der Waals surface area contributed by atoms with Crippen LogP contribution in [0.4, 0.5) is 5.69 Å². The largest absolute Gasteiger partial charge is 0.481 e. The summed E-state index contributed by atoms with van der Waals surface area (Å²) in [6.45, 7) is 3.48. The zero-order valence-corrected chi connectivity index (χ0v) is 15.4. The fourth-order valence-corrected chi connectivity index (χ4v) is 2.34. The number of para-hydroxylation sites is 1. The molecule has 27 heavy (non-hydrogen) atoms. The van der Waals surface area contributed by atoms with Gasteiger partial charge in [0.15, 0.2) is 13.2 Å². The Balaban J connectivity index is 1.76. The van der Waals surface area contributed by atoms with Crippen LogP contribution in [0.2, 0.25) is 0 Å². The molecule has 0 aliphatic rings. The van der Waals surface area contributed by atoms with Gasteiger partial charge in [0.2, 0.25) is 0 Å². The van der Waals surface area contributed by atoms with Crippen molar-refractivity contribution in [1.82, 2.24) is 0 Å². The molecule has 1 amide bonds. The van der Waals surface area contributed by atoms with Gasteiger partial charge in [0, 0.05) is 5.69 Å². The van der Waals surface area contributed by atoms with Crippen LogP contribution in [0, 0.1) is 11.3 Å². The van der Waals surface area contributed by atoms with Crippen LogP contribution < -0.4 is 10.1 Å². The first-order chi connectivity index (χ1) is 13.0. The SMILES string of the molecule is CC[C@@H](C)c1ccc(NC(=O)COC(=O)COc2ccccc2C#N)cc1. The van der Waals surface area contributed by atoms with Gasteiger partial charge in [-0.05, 0) is 42.2 Å². The molecule has 1 N–H and O–H groups in total. The van der Waals surface area contributed by atoms with E-state index in [1.54, 1.807) is 24.3 Å². The third kappa shape index (κ3) is 6.15. The van der Waals surface area contributed by atoms with E-state index in [0.717, 1.165) is 6.42 Å². The molecule has 0 spiro atoms. The molecule has 2 aromatic rings. The second kappa shape index (κ2) is 9.97. The first kappa shape index (κ1) is 20.0. The summed E-state index contributed by atoms with van der Waals surface area (Å²) in [6.07, 6.45) is 1.04. The Bertz CT molecular complexity index is 825. The second-order valence-corrected chi connectivity index (χ2v) is 6.04. The molecule has 0 saturated carbocycles. The second-order valence-electron chi connectivity index (χ2n) is 6.04. The number of nitrogens with zero attached hydrogens (tertiary/aromatic N) is 1. The van der Waals surface area contributed by atoms with Crippen molar-refractivity contribution >= 4 is 17.6 Å². The molecule has 0 heterocycles. The minimum absolute atomic E-state index is 0.294. The molecule has 2 aromatic carbocycles. The van der Waals surface area contributed by atoms with Gasteiger partial charge in [0.25, 0.3) is 5.91 Å². The first-order valence-corrected chi connectivity index (χ1v) is 8.70. The van der Waals surface area contributed by atoms with Gasteiger partial charge in [-0.1, -0.05) is 38.1 Å². The van der Waals surface area contributed by atoms with Crippen LogP contribution in [0.1, 0.15) is 37.3 Å². The Morgan fingerprint density at radius 3 is 2.48 bits per heavy atom. The molecule has 0 saturated heterocycles. The summed E-state index contributed by atoms with van der Waals surface area (Å²) in [7, 11) is 0. The highest BCUT2D eigenvalue weighted by molar-refractivity contribution is 5.92. The number of benzene rings is 2. The van der Waals surface area contributed by atoms with Gasteiger partial charge in [-0.25, -0.2) is 4.79 Å². The van der Waals surface area contributed by atoms with Crippen molar-refractivity contribution in [2.75, 3.05) is 18.5 Å². The molecule has 6 nitrogen and oxygen atoms in total. The van der Waals surface area contributed by atoms with Crippen LogP contribution in [0.25, 0.3) is 0 Å². The maximum Gasteiger partial charge on any atom is 0.344 e. The van der Waals surface area contributed by atoms with Crippen LogP contribution in [-0.4, -0.2) is 25.1 Å². The smallest absolute Gasteiger partial charge is 0.344 e. The summed E-state index contributed by atoms with van der Waals surface area (Å²) >= 11 is 0. The van der Waals surface area contributed by atoms with Gasteiger partial charge in [-0.3, -0.25) is 4.79 Å². The van der Waals surface area contributed by atoms with Crippen LogP contribution in [0.3, 0.4) is 0 Å². The summed E-state index contributed by atoms with van der Waals surface area (Å²) in [4.78, 5) is 23.6. The topological polar surface area (TPSA) is 88.4 Å². The monoisotopic (exact) mass is 366 g/mol. The lowest BCUT2D eigenvalue weighted by molar-refractivity contribution is -0.149. The van der Waals surface area contributed by atoms with Crippen molar-refractivity contribution in [3.05, 3.63) is 59.7 Å². The van der Waals surface area contributed by atoms with Gasteiger partial charge in [-0.15, -0.1) is 0 Å². The summed E-state index contributed by atoms with van der Waals surface area (Å²) in [6, 6.07) is 16.1. The van der Waals surface area contributed by atoms with Crippen molar-refractivity contribution < 1.29 is 19.1 Å². The van der Waals surface area contributed by atoms with Crippen LogP contribution in [-0.2, 0) is 14.3 Å². The number of carbonyl (C=O) groups excluding carboxylic acids is 2. The number of ether oxygens (including phenoxy) is 2. The Labute approximate surface area is 158 Å². The van der Waals surface area contributed by atoms with E-state index in [2.05, 4.69) is 19.2 Å². The van der Waals surface area contributed by atoms with Crippen molar-refractivity contribution in [2.24, 2.45) is 0 Å². The highest BCUT2D eigenvalue weighted by atomic mass is 16.6. The van der Waals surface area contributed by atoms with E-state index >= 15 is 0 Å². The molecule has 0 unspecified atom stereocenters. The number of carbonyl (C=O) groups is 2. The summed E-state index contributed by atoms with van der Waals surface area (Å²) < 4.78 is 10.1. The van der Waals surface area contributed by atoms with E-state index in [-0.39, 0.29) is 6.61 Å². The Kier molecular flexibility index (Phi) is 7.38. The number of nitrogens with one attached hydrogen (secondary N) is 1. The first-order valence-electron chi connectivity index (χ1n) is 8.70. The molecule has 1 atom stereocenters. The molecule has 0 aliphatic carbocycles. The van der Waals surface area contributed by atoms with Crippen molar-refractivity contribution in [3.8, 4) is 11.8 Å². The van der Waals surface area contributed by atoms with Gasteiger partial charge in [-0.2, -0.15) is 5.26 Å². The normalized spacial score (nSPS) is 11.1. The van der Waals surface area contributed by atoms with Crippen LogP contribution >= 0.6 is 0 Å². The van der Waals surface area contributed by atoms with Crippen LogP contribution in [0.5, 0.6) is 5.75 Å². The number of hydrogen-bond acceptors (Lipinski definition) is 5. The Morgan fingerprint density at radius 1 is 1.11 bits per heavy atom. The highest BCUT2D eigenvalue weighted by Gasteiger charge is 2.11. The third-order valence-electron chi connectivity index (χ3n) is 4.09. The number of anilines is 1. The minimum atomic E-state index is -0.690. The predicted octanol–water partition coefficient (Wildman–Crippen LogP) is 3.63. The van der Waals surface area contributed by atoms with Gasteiger partial charge in [0.05, 0.1) is 5.56 Å². The van der Waals surface area contributed by atoms with E-state index in [9.17, 15) is 9.59 Å². The molecule has 0 fully saturated rings. The molecule has 6 heteroatoms. The average molecular weight is 366 g/mol. The number of nitriles is 1. The number of amides is 1. The molecular weight excluding hydrogens is 344 g/mol.